The predicted octanol–water partition coefficient (Wildman–Crippen LogP) is 1.24. The molecular formula is C12H19N5O3. The number of nitrogen functional groups attached to an aromatic ring is 1. The number of nitrogens with one attached hydrogen (secondary N) is 2. The molecular weight excluding hydrogens is 262 g/mol. The third kappa shape index (κ3) is 3.55. The van der Waals surface area contributed by atoms with Crippen molar-refractivity contribution in [2.75, 3.05) is 17.3 Å². The van der Waals surface area contributed by atoms with Gasteiger partial charge in [-0.1, -0.05) is 0 Å². The van der Waals surface area contributed by atoms with Gasteiger partial charge in [0.15, 0.2) is 0 Å². The summed E-state index contributed by atoms with van der Waals surface area (Å²) in [5, 5.41) is 23.4. The molecule has 0 amide bonds. The molecule has 0 atom stereocenters. The lowest BCUT2D eigenvalue weighted by Crippen LogP contribution is -2.24. The Labute approximate surface area is 116 Å². The predicted molar refractivity (Wildman–Crippen MR) is 75.2 cm³/mol. The number of hydrogen-bond donors (Lipinski definition) is 4. The van der Waals surface area contributed by atoms with Crippen molar-refractivity contribution in [2.24, 2.45) is 11.8 Å². The second-order valence-corrected chi connectivity index (χ2v) is 5.02. The first-order valence-corrected chi connectivity index (χ1v) is 6.64. The zero-order chi connectivity index (χ0) is 14.5. The summed E-state index contributed by atoms with van der Waals surface area (Å²) in [6, 6.07) is 2.83. The zero-order valence-electron chi connectivity index (χ0n) is 11.1. The van der Waals surface area contributed by atoms with Gasteiger partial charge < -0.3 is 15.8 Å². The van der Waals surface area contributed by atoms with Crippen molar-refractivity contribution in [1.82, 2.24) is 4.98 Å². The Morgan fingerprint density at radius 1 is 1.40 bits per heavy atom. The molecule has 1 aromatic rings. The van der Waals surface area contributed by atoms with E-state index < -0.39 is 4.92 Å². The van der Waals surface area contributed by atoms with Crippen LogP contribution < -0.4 is 16.6 Å². The van der Waals surface area contributed by atoms with Gasteiger partial charge in [0.25, 0.3) is 0 Å². The van der Waals surface area contributed by atoms with Crippen molar-refractivity contribution in [3.8, 4) is 0 Å². The third-order valence-electron chi connectivity index (χ3n) is 3.59. The number of aliphatic hydroxyl groups excluding tert-OH is 1. The van der Waals surface area contributed by atoms with E-state index in [9.17, 15) is 15.2 Å². The van der Waals surface area contributed by atoms with E-state index in [1.54, 1.807) is 0 Å². The van der Waals surface area contributed by atoms with Crippen molar-refractivity contribution < 1.29 is 10.0 Å². The van der Waals surface area contributed by atoms with Crippen molar-refractivity contribution in [3.63, 3.8) is 0 Å². The molecule has 5 N–H and O–H groups in total. The highest BCUT2D eigenvalue weighted by atomic mass is 16.6. The monoisotopic (exact) mass is 281 g/mol. The van der Waals surface area contributed by atoms with Crippen LogP contribution in [0, 0.1) is 16.0 Å². The molecule has 1 heterocycles. The Morgan fingerprint density at radius 2 is 2.10 bits per heavy atom. The first-order valence-electron chi connectivity index (χ1n) is 6.64. The molecule has 0 bridgehead atoms. The summed E-state index contributed by atoms with van der Waals surface area (Å²) in [6.07, 6.45) is 3.19. The maximum atomic E-state index is 11.0. The molecule has 1 aromatic heterocycles. The molecule has 20 heavy (non-hydrogen) atoms. The maximum absolute atomic E-state index is 11.0. The smallest absolute Gasteiger partial charge is 0.311 e. The van der Waals surface area contributed by atoms with E-state index in [0.29, 0.717) is 18.3 Å². The van der Waals surface area contributed by atoms with E-state index in [-0.39, 0.29) is 17.6 Å². The average molecular weight is 281 g/mol. The lowest BCUT2D eigenvalue weighted by Gasteiger charge is -2.25. The molecule has 110 valence electrons. The Hall–Kier alpha value is -1.93. The highest BCUT2D eigenvalue weighted by Gasteiger charge is 2.21. The van der Waals surface area contributed by atoms with Gasteiger partial charge in [-0.15, -0.1) is 0 Å². The summed E-state index contributed by atoms with van der Waals surface area (Å²) in [7, 11) is 0. The van der Waals surface area contributed by atoms with Crippen LogP contribution in [0.4, 0.5) is 17.3 Å². The van der Waals surface area contributed by atoms with E-state index in [4.69, 9.17) is 5.84 Å². The lowest BCUT2D eigenvalue weighted by molar-refractivity contribution is -0.384. The molecule has 8 nitrogen and oxygen atoms in total. The lowest BCUT2D eigenvalue weighted by atomic mass is 9.87. The van der Waals surface area contributed by atoms with Crippen LogP contribution >= 0.6 is 0 Å². The second kappa shape index (κ2) is 6.49. The largest absolute Gasteiger partial charge is 0.393 e. The fraction of sp³-hybridized carbons (Fsp3) is 0.583. The molecule has 0 radical (unpaired) electrons. The maximum Gasteiger partial charge on any atom is 0.311 e. The number of pyridine rings is 1. The summed E-state index contributed by atoms with van der Waals surface area (Å²) < 4.78 is 0. The van der Waals surface area contributed by atoms with Crippen LogP contribution in [0.25, 0.3) is 0 Å². The highest BCUT2D eigenvalue weighted by molar-refractivity contribution is 5.59. The first-order chi connectivity index (χ1) is 9.60. The highest BCUT2D eigenvalue weighted by Crippen LogP contribution is 2.27. The standard InChI is InChI=1S/C12H19N5O3/c13-16-11-6-5-10(17(19)20)12(15-11)14-7-8-1-3-9(18)4-2-8/h5-6,8-9,18H,1-4,7,13H2,(H2,14,15,16). The van der Waals surface area contributed by atoms with E-state index in [1.807, 2.05) is 0 Å². The summed E-state index contributed by atoms with van der Waals surface area (Å²) in [6.45, 7) is 0.606. The molecule has 1 aliphatic carbocycles. The second-order valence-electron chi connectivity index (χ2n) is 5.02. The minimum atomic E-state index is -0.472. The number of aromatic nitrogens is 1. The molecule has 0 aliphatic heterocycles. The van der Waals surface area contributed by atoms with E-state index in [1.165, 1.54) is 12.1 Å². The summed E-state index contributed by atoms with van der Waals surface area (Å²) in [5.74, 6) is 6.25. The zero-order valence-corrected chi connectivity index (χ0v) is 11.1. The average Bonchev–Trinajstić information content (AvgIpc) is 2.46. The molecule has 1 aliphatic rings. The van der Waals surface area contributed by atoms with Crippen molar-refractivity contribution >= 4 is 17.3 Å². The molecule has 0 saturated heterocycles. The molecule has 0 spiro atoms. The summed E-state index contributed by atoms with van der Waals surface area (Å²) in [5.41, 5.74) is 2.30. The minimum absolute atomic E-state index is 0.0696. The van der Waals surface area contributed by atoms with Crippen LogP contribution in [0.1, 0.15) is 25.7 Å². The van der Waals surface area contributed by atoms with Gasteiger partial charge in [0.2, 0.25) is 5.82 Å². The van der Waals surface area contributed by atoms with Crippen LogP contribution in [0.5, 0.6) is 0 Å². The van der Waals surface area contributed by atoms with Gasteiger partial charge >= 0.3 is 5.69 Å². The molecule has 2 rings (SSSR count). The minimum Gasteiger partial charge on any atom is -0.393 e. The summed E-state index contributed by atoms with van der Waals surface area (Å²) >= 11 is 0. The number of rotatable bonds is 5. The third-order valence-corrected chi connectivity index (χ3v) is 3.59. The van der Waals surface area contributed by atoms with Gasteiger partial charge in [-0.2, -0.15) is 0 Å². The number of nitrogens with zero attached hydrogens (tertiary/aromatic N) is 2. The fourth-order valence-corrected chi connectivity index (χ4v) is 2.40. The van der Waals surface area contributed by atoms with Gasteiger partial charge in [-0.05, 0) is 37.7 Å². The molecule has 8 heteroatoms. The normalized spacial score (nSPS) is 22.3. The van der Waals surface area contributed by atoms with Crippen LogP contribution in [-0.2, 0) is 0 Å². The topological polar surface area (TPSA) is 126 Å². The fourth-order valence-electron chi connectivity index (χ4n) is 2.40. The van der Waals surface area contributed by atoms with Crippen molar-refractivity contribution in [2.45, 2.75) is 31.8 Å². The van der Waals surface area contributed by atoms with E-state index in [0.717, 1.165) is 25.7 Å². The molecule has 1 saturated carbocycles. The Morgan fingerprint density at radius 3 is 2.70 bits per heavy atom. The number of aliphatic hydroxyl groups is 1. The van der Waals surface area contributed by atoms with E-state index >= 15 is 0 Å². The quantitative estimate of drug-likeness (QED) is 0.363. The van der Waals surface area contributed by atoms with Crippen LogP contribution in [0.2, 0.25) is 0 Å². The number of anilines is 2. The van der Waals surface area contributed by atoms with E-state index in [2.05, 4.69) is 15.7 Å². The van der Waals surface area contributed by atoms with Gasteiger partial charge in [-0.25, -0.2) is 10.8 Å². The molecule has 0 aromatic carbocycles. The van der Waals surface area contributed by atoms with Crippen LogP contribution in [0.15, 0.2) is 12.1 Å². The van der Waals surface area contributed by atoms with Crippen molar-refractivity contribution in [3.05, 3.63) is 22.2 Å². The van der Waals surface area contributed by atoms with Crippen LogP contribution in [-0.4, -0.2) is 27.7 Å². The number of hydrogen-bond acceptors (Lipinski definition) is 7. The van der Waals surface area contributed by atoms with Crippen LogP contribution in [0.3, 0.4) is 0 Å². The Bertz CT molecular complexity index is 474. The van der Waals surface area contributed by atoms with Crippen molar-refractivity contribution in [1.29, 1.82) is 0 Å². The SMILES string of the molecule is NNc1ccc([N+](=O)[O-])c(NCC2CCC(O)CC2)n1. The first kappa shape index (κ1) is 14.5. The number of hydrazine groups is 1. The number of nitro groups is 1. The molecule has 0 unspecified atom stereocenters. The number of nitrogens with two attached hydrogens (primary N) is 1. The Balaban J connectivity index is 2.02. The van der Waals surface area contributed by atoms with Gasteiger partial charge in [-0.3, -0.25) is 10.1 Å². The van der Waals surface area contributed by atoms with Gasteiger partial charge in [0.05, 0.1) is 11.0 Å². The van der Waals surface area contributed by atoms with Gasteiger partial charge in [0.1, 0.15) is 5.82 Å². The van der Waals surface area contributed by atoms with Gasteiger partial charge in [0, 0.05) is 12.6 Å². The molecule has 1 fully saturated rings. The Kier molecular flexibility index (Phi) is 4.70. The summed E-state index contributed by atoms with van der Waals surface area (Å²) in [4.78, 5) is 14.6.